The molecule has 186 valence electrons. The molecule has 0 amide bonds. The number of imidazole rings is 1. The maximum Gasteiger partial charge on any atom is 0.320 e. The highest BCUT2D eigenvalue weighted by atomic mass is 35.5. The molecule has 33 heavy (non-hydrogen) atoms. The molecular weight excluding hydrogens is 456 g/mol. The minimum atomic E-state index is -1.21. The Morgan fingerprint density at radius 1 is 1.21 bits per heavy atom. The topological polar surface area (TPSA) is 189 Å². The van der Waals surface area contributed by atoms with Crippen LogP contribution < -0.4 is 11.5 Å². The molecule has 1 aliphatic heterocycles. The van der Waals surface area contributed by atoms with Crippen molar-refractivity contribution in [2.45, 2.75) is 43.4 Å². The maximum atomic E-state index is 11.1. The second-order valence-electron chi connectivity index (χ2n) is 8.32. The van der Waals surface area contributed by atoms with Gasteiger partial charge < -0.3 is 41.3 Å². The number of carboxylic acids is 1. The molecule has 0 spiro atoms. The van der Waals surface area contributed by atoms with Gasteiger partial charge in [-0.1, -0.05) is 0 Å². The number of nitrogens with two attached hydrogens (primary N) is 2. The van der Waals surface area contributed by atoms with E-state index in [2.05, 4.69) is 19.9 Å². The van der Waals surface area contributed by atoms with Crippen LogP contribution in [0.15, 0.2) is 12.7 Å². The van der Waals surface area contributed by atoms with Crippen LogP contribution in [-0.2, 0) is 9.53 Å². The largest absolute Gasteiger partial charge is 0.480 e. The molecule has 0 aromatic carbocycles. The smallest absolute Gasteiger partial charge is 0.320 e. The van der Waals surface area contributed by atoms with Gasteiger partial charge in [-0.15, -0.1) is 12.4 Å². The first kappa shape index (κ1) is 27.1. The Morgan fingerprint density at radius 3 is 2.61 bits per heavy atom. The SMILES string of the molecule is CN(C)CCCN(CC[C@H](N)C(=O)O)C[C@H]1O[C@@H](n2cnc3c(N)ncnc32)[C@H](O)[C@@H]1O.Cl. The van der Waals surface area contributed by atoms with Gasteiger partial charge in [0.15, 0.2) is 17.7 Å². The van der Waals surface area contributed by atoms with Crippen molar-refractivity contribution in [3.05, 3.63) is 12.7 Å². The van der Waals surface area contributed by atoms with Crippen LogP contribution in [0.2, 0.25) is 0 Å². The lowest BCUT2D eigenvalue weighted by atomic mass is 10.1. The number of aliphatic carboxylic acids is 1. The summed E-state index contributed by atoms with van der Waals surface area (Å²) in [7, 11) is 3.95. The van der Waals surface area contributed by atoms with Crippen LogP contribution in [0.5, 0.6) is 0 Å². The lowest BCUT2D eigenvalue weighted by Gasteiger charge is -2.27. The monoisotopic (exact) mass is 488 g/mol. The van der Waals surface area contributed by atoms with Gasteiger partial charge in [0, 0.05) is 13.1 Å². The fourth-order valence-corrected chi connectivity index (χ4v) is 3.77. The summed E-state index contributed by atoms with van der Waals surface area (Å²) in [5.74, 6) is -0.848. The van der Waals surface area contributed by atoms with E-state index in [-0.39, 0.29) is 24.6 Å². The second kappa shape index (κ2) is 11.8. The van der Waals surface area contributed by atoms with E-state index in [1.807, 2.05) is 19.0 Å². The fourth-order valence-electron chi connectivity index (χ4n) is 3.77. The maximum absolute atomic E-state index is 11.1. The number of aromatic nitrogens is 4. The van der Waals surface area contributed by atoms with Crippen molar-refractivity contribution in [3.63, 3.8) is 0 Å². The summed E-state index contributed by atoms with van der Waals surface area (Å²) in [5, 5.41) is 30.4. The quantitative estimate of drug-likeness (QED) is 0.246. The number of rotatable bonds is 11. The van der Waals surface area contributed by atoms with Gasteiger partial charge in [0.1, 0.15) is 36.2 Å². The highest BCUT2D eigenvalue weighted by Gasteiger charge is 2.44. The lowest BCUT2D eigenvalue weighted by molar-refractivity contribution is -0.138. The fraction of sp³-hybridized carbons (Fsp3) is 0.684. The molecule has 0 saturated carbocycles. The number of aliphatic hydroxyl groups is 2. The third-order valence-corrected chi connectivity index (χ3v) is 5.59. The van der Waals surface area contributed by atoms with Gasteiger partial charge in [0.25, 0.3) is 0 Å². The zero-order chi connectivity index (χ0) is 23.4. The molecule has 5 atom stereocenters. The van der Waals surface area contributed by atoms with Gasteiger partial charge in [-0.25, -0.2) is 15.0 Å². The number of hydrogen-bond acceptors (Lipinski definition) is 11. The number of hydrogen-bond donors (Lipinski definition) is 5. The summed E-state index contributed by atoms with van der Waals surface area (Å²) < 4.78 is 7.54. The molecule has 13 nitrogen and oxygen atoms in total. The number of halogens is 1. The Morgan fingerprint density at radius 2 is 1.94 bits per heavy atom. The van der Waals surface area contributed by atoms with E-state index in [0.717, 1.165) is 13.0 Å². The number of carboxylic acid groups (broad SMARTS) is 1. The predicted octanol–water partition coefficient (Wildman–Crippen LogP) is -1.49. The molecule has 3 rings (SSSR count). The molecule has 2 aromatic rings. The van der Waals surface area contributed by atoms with Crippen LogP contribution in [0.1, 0.15) is 19.1 Å². The summed E-state index contributed by atoms with van der Waals surface area (Å²) in [5.41, 5.74) is 12.3. The molecule has 1 fully saturated rings. The van der Waals surface area contributed by atoms with Gasteiger partial charge in [-0.2, -0.15) is 0 Å². The Hall–Kier alpha value is -2.13. The Bertz CT molecular complexity index is 915. The summed E-state index contributed by atoms with van der Waals surface area (Å²) >= 11 is 0. The molecule has 3 heterocycles. The Kier molecular flexibility index (Phi) is 9.72. The van der Waals surface area contributed by atoms with Crippen LogP contribution in [0.4, 0.5) is 5.82 Å². The van der Waals surface area contributed by atoms with Gasteiger partial charge in [-0.3, -0.25) is 9.36 Å². The number of fused-ring (bicyclic) bond motifs is 1. The molecule has 2 aromatic heterocycles. The van der Waals surface area contributed by atoms with E-state index >= 15 is 0 Å². The highest BCUT2D eigenvalue weighted by molar-refractivity contribution is 5.85. The van der Waals surface area contributed by atoms with E-state index in [9.17, 15) is 15.0 Å². The van der Waals surface area contributed by atoms with Crippen molar-refractivity contribution < 1.29 is 24.9 Å². The van der Waals surface area contributed by atoms with Crippen LogP contribution in [0.25, 0.3) is 11.2 Å². The third kappa shape index (κ3) is 6.47. The van der Waals surface area contributed by atoms with Crippen molar-refractivity contribution in [2.24, 2.45) is 5.73 Å². The van der Waals surface area contributed by atoms with Crippen molar-refractivity contribution in [3.8, 4) is 0 Å². The van der Waals surface area contributed by atoms with Crippen LogP contribution >= 0.6 is 12.4 Å². The average Bonchev–Trinajstić information content (AvgIpc) is 3.28. The number of nitrogen functional groups attached to an aromatic ring is 1. The molecule has 0 radical (unpaired) electrons. The van der Waals surface area contributed by atoms with Gasteiger partial charge in [0.2, 0.25) is 0 Å². The number of aliphatic hydroxyl groups excluding tert-OH is 2. The first-order chi connectivity index (χ1) is 15.2. The molecule has 1 saturated heterocycles. The summed E-state index contributed by atoms with van der Waals surface area (Å²) in [6.07, 6.45) is -0.130. The first-order valence-electron chi connectivity index (χ1n) is 10.5. The van der Waals surface area contributed by atoms with E-state index < -0.39 is 36.6 Å². The molecule has 14 heteroatoms. The normalized spacial score (nSPS) is 23.8. The standard InChI is InChI=1S/C19H32N8O5.ClH/c1-25(2)5-3-6-26(7-4-11(20)19(30)31)8-12-14(28)15(29)18(32-12)27-10-24-13-16(21)22-9-23-17(13)27;/h9-12,14-15,18,28-29H,3-8,20H2,1-2H3,(H,30,31)(H2,21,22,23);1H/t11-,12+,14+,15+,18+;/m0./s1. The third-order valence-electron chi connectivity index (χ3n) is 5.59. The van der Waals surface area contributed by atoms with Crippen molar-refractivity contribution in [2.75, 3.05) is 46.0 Å². The zero-order valence-electron chi connectivity index (χ0n) is 18.7. The molecule has 0 aliphatic carbocycles. The van der Waals surface area contributed by atoms with E-state index in [0.29, 0.717) is 30.8 Å². The van der Waals surface area contributed by atoms with Crippen molar-refractivity contribution >= 4 is 35.4 Å². The van der Waals surface area contributed by atoms with Crippen LogP contribution in [0.3, 0.4) is 0 Å². The van der Waals surface area contributed by atoms with E-state index in [1.54, 1.807) is 0 Å². The predicted molar refractivity (Wildman–Crippen MR) is 123 cm³/mol. The van der Waals surface area contributed by atoms with E-state index in [4.69, 9.17) is 21.3 Å². The number of carbonyl (C=O) groups is 1. The molecular formula is C19H33ClN8O5. The summed E-state index contributed by atoms with van der Waals surface area (Å²) in [6, 6.07) is -0.971. The Balaban J connectivity index is 0.00000385. The molecule has 7 N–H and O–H groups in total. The lowest BCUT2D eigenvalue weighted by Crippen LogP contribution is -2.43. The van der Waals surface area contributed by atoms with E-state index in [1.165, 1.54) is 17.2 Å². The molecule has 0 unspecified atom stereocenters. The molecule has 1 aliphatic rings. The number of nitrogens with zero attached hydrogens (tertiary/aromatic N) is 6. The Labute approximate surface area is 197 Å². The first-order valence-corrected chi connectivity index (χ1v) is 10.5. The minimum absolute atomic E-state index is 0. The average molecular weight is 489 g/mol. The molecule has 0 bridgehead atoms. The van der Waals surface area contributed by atoms with Gasteiger partial charge >= 0.3 is 5.97 Å². The van der Waals surface area contributed by atoms with Gasteiger partial charge in [-0.05, 0) is 40.0 Å². The number of ether oxygens (including phenoxy) is 1. The van der Waals surface area contributed by atoms with Crippen LogP contribution in [0, 0.1) is 0 Å². The summed E-state index contributed by atoms with van der Waals surface area (Å²) in [6.45, 7) is 2.24. The van der Waals surface area contributed by atoms with Crippen LogP contribution in [-0.4, -0.2) is 115 Å². The summed E-state index contributed by atoms with van der Waals surface area (Å²) in [4.78, 5) is 27.4. The highest BCUT2D eigenvalue weighted by Crippen LogP contribution is 2.32. The second-order valence-corrected chi connectivity index (χ2v) is 8.32. The minimum Gasteiger partial charge on any atom is -0.480 e. The van der Waals surface area contributed by atoms with Crippen molar-refractivity contribution in [1.29, 1.82) is 0 Å². The number of anilines is 1. The van der Waals surface area contributed by atoms with Gasteiger partial charge in [0.05, 0.1) is 6.33 Å². The zero-order valence-corrected chi connectivity index (χ0v) is 19.5. The van der Waals surface area contributed by atoms with Crippen molar-refractivity contribution in [1.82, 2.24) is 29.3 Å².